The molecule has 2 amide bonds. The molecule has 8 heteroatoms. The second-order valence-corrected chi connectivity index (χ2v) is 6.18. The summed E-state index contributed by atoms with van der Waals surface area (Å²) in [5.41, 5.74) is 0.939. The molecular weight excluding hydrogens is 382 g/mol. The van der Waals surface area contributed by atoms with Crippen molar-refractivity contribution < 1.29 is 27.8 Å². The summed E-state index contributed by atoms with van der Waals surface area (Å²) in [5.74, 6) is -1.42. The molecule has 0 radical (unpaired) electrons. The standard InChI is InChI=1S/C21H14F2N2O4/c22-14-5-7-17(16(23)9-14)25-21(27)13-3-1-12(2-4-13)20(26)24-15-6-8-18-19(10-15)29-11-28-18/h1-10H,11H2,(H,24,26)(H,25,27). The third kappa shape index (κ3) is 4.01. The Hall–Kier alpha value is -3.94. The molecule has 0 atom stereocenters. The van der Waals surface area contributed by atoms with Gasteiger partial charge in [-0.1, -0.05) is 0 Å². The van der Waals surface area contributed by atoms with Crippen molar-refractivity contribution >= 4 is 23.2 Å². The molecule has 146 valence electrons. The van der Waals surface area contributed by atoms with E-state index in [0.717, 1.165) is 12.1 Å². The average molecular weight is 396 g/mol. The van der Waals surface area contributed by atoms with E-state index in [0.29, 0.717) is 28.8 Å². The second kappa shape index (κ2) is 7.59. The number of nitrogens with one attached hydrogen (secondary N) is 2. The summed E-state index contributed by atoms with van der Waals surface area (Å²) in [6.45, 7) is 0.137. The number of rotatable bonds is 4. The lowest BCUT2D eigenvalue weighted by molar-refractivity contribution is 0.101. The molecule has 29 heavy (non-hydrogen) atoms. The Kier molecular flexibility index (Phi) is 4.82. The third-order valence-corrected chi connectivity index (χ3v) is 4.22. The van der Waals surface area contributed by atoms with Gasteiger partial charge in [-0.05, 0) is 48.5 Å². The van der Waals surface area contributed by atoms with Crippen LogP contribution in [0.3, 0.4) is 0 Å². The van der Waals surface area contributed by atoms with Crippen LogP contribution in [0.25, 0.3) is 0 Å². The smallest absolute Gasteiger partial charge is 0.255 e. The molecule has 0 fully saturated rings. The van der Waals surface area contributed by atoms with Gasteiger partial charge in [-0.3, -0.25) is 9.59 Å². The summed E-state index contributed by atoms with van der Waals surface area (Å²) >= 11 is 0. The SMILES string of the molecule is O=C(Nc1ccc2c(c1)OCO2)c1ccc(C(=O)Nc2ccc(F)cc2F)cc1. The molecule has 6 nitrogen and oxygen atoms in total. The highest BCUT2D eigenvalue weighted by molar-refractivity contribution is 6.07. The average Bonchev–Trinajstić information content (AvgIpc) is 3.18. The van der Waals surface area contributed by atoms with Crippen molar-refractivity contribution in [1.82, 2.24) is 0 Å². The molecule has 0 bridgehead atoms. The topological polar surface area (TPSA) is 76.7 Å². The maximum atomic E-state index is 13.7. The summed E-state index contributed by atoms with van der Waals surface area (Å²) in [6.07, 6.45) is 0. The number of anilines is 2. The molecule has 1 heterocycles. The van der Waals surface area contributed by atoms with Crippen LogP contribution in [0.5, 0.6) is 11.5 Å². The molecule has 0 spiro atoms. The first-order valence-electron chi connectivity index (χ1n) is 8.57. The predicted molar refractivity (Wildman–Crippen MR) is 101 cm³/mol. The van der Waals surface area contributed by atoms with Crippen molar-refractivity contribution in [3.8, 4) is 11.5 Å². The molecule has 4 rings (SSSR count). The summed E-state index contributed by atoms with van der Waals surface area (Å²) in [7, 11) is 0. The number of fused-ring (bicyclic) bond motifs is 1. The Morgan fingerprint density at radius 2 is 1.41 bits per heavy atom. The maximum absolute atomic E-state index is 13.7. The van der Waals surface area contributed by atoms with Gasteiger partial charge >= 0.3 is 0 Å². The van der Waals surface area contributed by atoms with Crippen LogP contribution in [-0.2, 0) is 0 Å². The fourth-order valence-electron chi connectivity index (χ4n) is 2.74. The minimum atomic E-state index is -0.877. The number of ether oxygens (including phenoxy) is 2. The Morgan fingerprint density at radius 1 is 0.759 bits per heavy atom. The molecular formula is C21H14F2N2O4. The highest BCUT2D eigenvalue weighted by atomic mass is 19.1. The number of carbonyl (C=O) groups excluding carboxylic acids is 2. The summed E-state index contributed by atoms with van der Waals surface area (Å²) in [6, 6.07) is 13.7. The van der Waals surface area contributed by atoms with E-state index in [1.54, 1.807) is 18.2 Å². The Labute approximate surface area is 164 Å². The molecule has 0 saturated heterocycles. The highest BCUT2D eigenvalue weighted by Gasteiger charge is 2.15. The van der Waals surface area contributed by atoms with Crippen molar-refractivity contribution in [1.29, 1.82) is 0 Å². The number of benzene rings is 3. The lowest BCUT2D eigenvalue weighted by Gasteiger charge is -2.08. The Balaban J connectivity index is 1.43. The lowest BCUT2D eigenvalue weighted by atomic mass is 10.1. The molecule has 0 unspecified atom stereocenters. The molecule has 1 aliphatic rings. The summed E-state index contributed by atoms with van der Waals surface area (Å²) in [5, 5.41) is 5.09. The van der Waals surface area contributed by atoms with Gasteiger partial charge in [-0.15, -0.1) is 0 Å². The fraction of sp³-hybridized carbons (Fsp3) is 0.0476. The summed E-state index contributed by atoms with van der Waals surface area (Å²) in [4.78, 5) is 24.6. The number of hydrogen-bond acceptors (Lipinski definition) is 4. The van der Waals surface area contributed by atoms with Crippen molar-refractivity contribution in [2.45, 2.75) is 0 Å². The van der Waals surface area contributed by atoms with E-state index in [4.69, 9.17) is 9.47 Å². The van der Waals surface area contributed by atoms with Gasteiger partial charge in [-0.25, -0.2) is 8.78 Å². The van der Waals surface area contributed by atoms with Gasteiger partial charge in [0.05, 0.1) is 5.69 Å². The van der Waals surface area contributed by atoms with E-state index in [2.05, 4.69) is 10.6 Å². The van der Waals surface area contributed by atoms with E-state index in [1.165, 1.54) is 24.3 Å². The van der Waals surface area contributed by atoms with Crippen LogP contribution in [0.4, 0.5) is 20.2 Å². The predicted octanol–water partition coefficient (Wildman–Crippen LogP) is 4.20. The zero-order chi connectivity index (χ0) is 20.4. The molecule has 2 N–H and O–H groups in total. The van der Waals surface area contributed by atoms with Gasteiger partial charge < -0.3 is 20.1 Å². The quantitative estimate of drug-likeness (QED) is 0.693. The van der Waals surface area contributed by atoms with Gasteiger partial charge in [0.2, 0.25) is 6.79 Å². The molecule has 3 aromatic carbocycles. The molecule has 1 aliphatic heterocycles. The van der Waals surface area contributed by atoms with Crippen LogP contribution >= 0.6 is 0 Å². The van der Waals surface area contributed by atoms with E-state index in [-0.39, 0.29) is 24.0 Å². The van der Waals surface area contributed by atoms with Crippen LogP contribution in [-0.4, -0.2) is 18.6 Å². The van der Waals surface area contributed by atoms with Crippen molar-refractivity contribution in [2.75, 3.05) is 17.4 Å². The zero-order valence-electron chi connectivity index (χ0n) is 14.9. The van der Waals surface area contributed by atoms with E-state index < -0.39 is 17.5 Å². The number of carbonyl (C=O) groups is 2. The Bertz CT molecular complexity index is 1100. The van der Waals surface area contributed by atoms with E-state index in [1.807, 2.05) is 0 Å². The largest absolute Gasteiger partial charge is 0.454 e. The lowest BCUT2D eigenvalue weighted by Crippen LogP contribution is -2.15. The molecule has 0 aromatic heterocycles. The highest BCUT2D eigenvalue weighted by Crippen LogP contribution is 2.34. The van der Waals surface area contributed by atoms with Gasteiger partial charge in [-0.2, -0.15) is 0 Å². The van der Waals surface area contributed by atoms with E-state index in [9.17, 15) is 18.4 Å². The normalized spacial score (nSPS) is 11.8. The minimum Gasteiger partial charge on any atom is -0.454 e. The molecule has 0 aliphatic carbocycles. The first-order valence-corrected chi connectivity index (χ1v) is 8.57. The van der Waals surface area contributed by atoms with Crippen LogP contribution < -0.4 is 20.1 Å². The van der Waals surface area contributed by atoms with Gasteiger partial charge in [0, 0.05) is 28.9 Å². The second-order valence-electron chi connectivity index (χ2n) is 6.18. The first-order chi connectivity index (χ1) is 14.0. The van der Waals surface area contributed by atoms with Crippen molar-refractivity contribution in [3.63, 3.8) is 0 Å². The zero-order valence-corrected chi connectivity index (χ0v) is 14.9. The van der Waals surface area contributed by atoms with E-state index >= 15 is 0 Å². The maximum Gasteiger partial charge on any atom is 0.255 e. The monoisotopic (exact) mass is 396 g/mol. The molecule has 0 saturated carbocycles. The molecule has 3 aromatic rings. The first kappa shape index (κ1) is 18.4. The fourth-order valence-corrected chi connectivity index (χ4v) is 2.74. The summed E-state index contributed by atoms with van der Waals surface area (Å²) < 4.78 is 37.1. The van der Waals surface area contributed by atoms with Crippen molar-refractivity contribution in [2.24, 2.45) is 0 Å². The van der Waals surface area contributed by atoms with Gasteiger partial charge in [0.25, 0.3) is 11.8 Å². The van der Waals surface area contributed by atoms with Crippen LogP contribution in [0.2, 0.25) is 0 Å². The van der Waals surface area contributed by atoms with Crippen LogP contribution in [0, 0.1) is 11.6 Å². The van der Waals surface area contributed by atoms with Crippen LogP contribution in [0.1, 0.15) is 20.7 Å². The third-order valence-electron chi connectivity index (χ3n) is 4.22. The minimum absolute atomic E-state index is 0.137. The van der Waals surface area contributed by atoms with Crippen molar-refractivity contribution in [3.05, 3.63) is 83.4 Å². The van der Waals surface area contributed by atoms with Gasteiger partial charge in [0.15, 0.2) is 11.5 Å². The van der Waals surface area contributed by atoms with Crippen LogP contribution in [0.15, 0.2) is 60.7 Å². The number of halogens is 2. The Morgan fingerprint density at radius 3 is 2.10 bits per heavy atom. The number of hydrogen-bond donors (Lipinski definition) is 2. The van der Waals surface area contributed by atoms with Gasteiger partial charge in [0.1, 0.15) is 11.6 Å². The number of amides is 2.